The topological polar surface area (TPSA) is 136 Å². The number of carbonyl (C=O) groups excluding carboxylic acids is 2. The molecule has 242 valence electrons. The van der Waals surface area contributed by atoms with E-state index in [4.69, 9.17) is 9.62 Å². The SMILES string of the molecule is COP(=O)(O)OCN(C)C(=O)c1ccc(-n2c(=O)c3c(n4ncc(CC5CC5)c24)CN(C(=O)c2ccc(Br)c(C)c2)[C@H](C)C3)cc1. The number of hydrogen-bond donors (Lipinski definition) is 1. The zero-order valence-corrected chi connectivity index (χ0v) is 28.5. The van der Waals surface area contributed by atoms with Crippen molar-refractivity contribution in [1.82, 2.24) is 24.0 Å². The fourth-order valence-corrected chi connectivity index (χ4v) is 6.53. The Balaban J connectivity index is 1.37. The third kappa shape index (κ3) is 6.22. The summed E-state index contributed by atoms with van der Waals surface area (Å²) in [5.74, 6) is -0.00332. The molecule has 46 heavy (non-hydrogen) atoms. The molecule has 2 aromatic heterocycles. The Kier molecular flexibility index (Phi) is 8.81. The van der Waals surface area contributed by atoms with Crippen molar-refractivity contribution in [3.63, 3.8) is 0 Å². The van der Waals surface area contributed by atoms with Gasteiger partial charge in [0.25, 0.3) is 17.4 Å². The molecule has 0 saturated heterocycles. The second kappa shape index (κ2) is 12.5. The maximum absolute atomic E-state index is 14.3. The Labute approximate surface area is 274 Å². The zero-order chi connectivity index (χ0) is 32.9. The van der Waals surface area contributed by atoms with E-state index in [0.717, 1.165) is 46.9 Å². The molecular formula is C32H35BrN5O7P. The van der Waals surface area contributed by atoms with Crippen molar-refractivity contribution in [1.29, 1.82) is 0 Å². The van der Waals surface area contributed by atoms with Crippen LogP contribution in [0.15, 0.2) is 57.9 Å². The van der Waals surface area contributed by atoms with E-state index in [1.807, 2.05) is 32.2 Å². The molecule has 0 bridgehead atoms. The molecule has 14 heteroatoms. The molecule has 0 radical (unpaired) electrons. The lowest BCUT2D eigenvalue weighted by atomic mass is 9.98. The Morgan fingerprint density at radius 1 is 1.15 bits per heavy atom. The number of halogens is 1. The van der Waals surface area contributed by atoms with Crippen LogP contribution in [-0.2, 0) is 33.0 Å². The van der Waals surface area contributed by atoms with Gasteiger partial charge in [0.05, 0.1) is 24.1 Å². The molecule has 2 aromatic carbocycles. The van der Waals surface area contributed by atoms with Crippen LogP contribution in [0.2, 0.25) is 0 Å². The molecule has 1 unspecified atom stereocenters. The molecular weight excluding hydrogens is 677 g/mol. The highest BCUT2D eigenvalue weighted by Crippen LogP contribution is 2.42. The lowest BCUT2D eigenvalue weighted by Gasteiger charge is -2.35. The second-order valence-electron chi connectivity index (χ2n) is 12.0. The van der Waals surface area contributed by atoms with Gasteiger partial charge in [-0.3, -0.25) is 28.0 Å². The first kappa shape index (κ1) is 32.3. The summed E-state index contributed by atoms with van der Waals surface area (Å²) in [6.07, 6.45) is 5.22. The maximum Gasteiger partial charge on any atom is 0.473 e. The molecule has 1 fully saturated rings. The average Bonchev–Trinajstić information content (AvgIpc) is 3.78. The highest BCUT2D eigenvalue weighted by molar-refractivity contribution is 9.10. The third-order valence-electron chi connectivity index (χ3n) is 8.68. The average molecular weight is 713 g/mol. The van der Waals surface area contributed by atoms with Crippen molar-refractivity contribution in [3.8, 4) is 5.69 Å². The number of nitrogens with zero attached hydrogens (tertiary/aromatic N) is 5. The van der Waals surface area contributed by atoms with Gasteiger partial charge in [0, 0.05) is 46.9 Å². The summed E-state index contributed by atoms with van der Waals surface area (Å²) in [5, 5.41) is 4.76. The predicted molar refractivity (Wildman–Crippen MR) is 174 cm³/mol. The van der Waals surface area contributed by atoms with Crippen LogP contribution in [0.3, 0.4) is 0 Å². The standard InChI is InChI=1S/C32H35BrN5O7P/c1-19-13-23(9-12-27(19)33)31(40)36-17-28-26(14-20(36)2)32(41)37(29-24(15-21-5-6-21)16-34-38(28)29)25-10-7-22(8-11-25)30(39)35(3)18-45-46(42,43)44-4/h7-13,16,20-21H,5-6,14-15,17-18H2,1-4H3,(H,42,43)/t20-/m1/s1. The molecule has 12 nitrogen and oxygen atoms in total. The summed E-state index contributed by atoms with van der Waals surface area (Å²) in [7, 11) is -1.77. The van der Waals surface area contributed by atoms with E-state index in [-0.39, 0.29) is 24.1 Å². The fourth-order valence-electron chi connectivity index (χ4n) is 5.86. The van der Waals surface area contributed by atoms with Gasteiger partial charge in [-0.25, -0.2) is 9.08 Å². The van der Waals surface area contributed by atoms with E-state index in [9.17, 15) is 23.8 Å². The molecule has 1 aliphatic carbocycles. The van der Waals surface area contributed by atoms with E-state index in [0.29, 0.717) is 46.1 Å². The first-order chi connectivity index (χ1) is 21.9. The minimum Gasteiger partial charge on any atom is -0.330 e. The summed E-state index contributed by atoms with van der Waals surface area (Å²) in [5.41, 5.74) is 5.15. The molecule has 3 heterocycles. The molecule has 2 aliphatic rings. The van der Waals surface area contributed by atoms with Gasteiger partial charge in [0.1, 0.15) is 12.4 Å². The van der Waals surface area contributed by atoms with E-state index in [2.05, 4.69) is 20.5 Å². The quantitative estimate of drug-likeness (QED) is 0.192. The Hall–Kier alpha value is -3.61. The van der Waals surface area contributed by atoms with Crippen molar-refractivity contribution >= 4 is 41.2 Å². The number of rotatable bonds is 9. The number of aryl methyl sites for hydroxylation is 1. The minimum absolute atomic E-state index is 0.101. The number of aromatic nitrogens is 3. The lowest BCUT2D eigenvalue weighted by molar-refractivity contribution is 0.0591. The summed E-state index contributed by atoms with van der Waals surface area (Å²) in [4.78, 5) is 53.5. The molecule has 6 rings (SSSR count). The van der Waals surface area contributed by atoms with Gasteiger partial charge in [-0.1, -0.05) is 15.9 Å². The lowest BCUT2D eigenvalue weighted by Crippen LogP contribution is -2.46. The van der Waals surface area contributed by atoms with Gasteiger partial charge in [0.15, 0.2) is 0 Å². The molecule has 1 aliphatic heterocycles. The number of fused-ring (bicyclic) bond motifs is 3. The van der Waals surface area contributed by atoms with Gasteiger partial charge in [-0.2, -0.15) is 5.10 Å². The van der Waals surface area contributed by atoms with Crippen LogP contribution in [0.1, 0.15) is 62.9 Å². The zero-order valence-electron chi connectivity index (χ0n) is 26.0. The van der Waals surface area contributed by atoms with Gasteiger partial charge < -0.3 is 14.7 Å². The van der Waals surface area contributed by atoms with Crippen LogP contribution in [0, 0.1) is 12.8 Å². The maximum atomic E-state index is 14.3. The van der Waals surface area contributed by atoms with Crippen LogP contribution in [0.5, 0.6) is 0 Å². The molecule has 1 N–H and O–H groups in total. The number of phosphoric acid groups is 1. The van der Waals surface area contributed by atoms with Crippen LogP contribution >= 0.6 is 23.8 Å². The number of benzene rings is 2. The van der Waals surface area contributed by atoms with Gasteiger partial charge in [-0.15, -0.1) is 0 Å². The number of amides is 2. The second-order valence-corrected chi connectivity index (χ2v) is 14.4. The monoisotopic (exact) mass is 711 g/mol. The molecule has 4 aromatic rings. The summed E-state index contributed by atoms with van der Waals surface area (Å²) in [6, 6.07) is 11.9. The van der Waals surface area contributed by atoms with E-state index >= 15 is 0 Å². The third-order valence-corrected chi connectivity index (χ3v) is 10.5. The first-order valence-electron chi connectivity index (χ1n) is 15.0. The highest BCUT2D eigenvalue weighted by Gasteiger charge is 2.34. The van der Waals surface area contributed by atoms with Crippen LogP contribution in [0.25, 0.3) is 11.3 Å². The predicted octanol–water partition coefficient (Wildman–Crippen LogP) is 4.89. The first-order valence-corrected chi connectivity index (χ1v) is 17.3. The van der Waals surface area contributed by atoms with Gasteiger partial charge in [-0.05, 0) is 93.5 Å². The number of hydrogen-bond acceptors (Lipinski definition) is 7. The summed E-state index contributed by atoms with van der Waals surface area (Å²) >= 11 is 3.51. The largest absolute Gasteiger partial charge is 0.473 e. The smallest absolute Gasteiger partial charge is 0.330 e. The van der Waals surface area contributed by atoms with Crippen LogP contribution in [0.4, 0.5) is 0 Å². The van der Waals surface area contributed by atoms with Crippen LogP contribution in [-0.4, -0.2) is 67.6 Å². The summed E-state index contributed by atoms with van der Waals surface area (Å²) in [6.45, 7) is 3.69. The normalized spacial score (nSPS) is 17.5. The van der Waals surface area contributed by atoms with E-state index in [1.54, 1.807) is 44.3 Å². The van der Waals surface area contributed by atoms with Crippen molar-refractivity contribution < 1.29 is 28.1 Å². The van der Waals surface area contributed by atoms with Crippen molar-refractivity contribution in [2.24, 2.45) is 5.92 Å². The summed E-state index contributed by atoms with van der Waals surface area (Å²) < 4.78 is 25.2. The molecule has 1 saturated carbocycles. The fraction of sp³-hybridized carbons (Fsp3) is 0.375. The van der Waals surface area contributed by atoms with Crippen molar-refractivity contribution in [2.45, 2.75) is 52.1 Å². The van der Waals surface area contributed by atoms with Crippen molar-refractivity contribution in [3.05, 3.63) is 97.0 Å². The van der Waals surface area contributed by atoms with Crippen molar-refractivity contribution in [2.75, 3.05) is 20.9 Å². The minimum atomic E-state index is -4.25. The molecule has 2 atom stereocenters. The molecule has 0 spiro atoms. The Morgan fingerprint density at radius 2 is 1.85 bits per heavy atom. The van der Waals surface area contributed by atoms with Gasteiger partial charge >= 0.3 is 7.82 Å². The number of phosphoric ester groups is 1. The number of carbonyl (C=O) groups is 2. The van der Waals surface area contributed by atoms with E-state index in [1.165, 1.54) is 7.05 Å². The molecule has 2 amide bonds. The van der Waals surface area contributed by atoms with Crippen LogP contribution < -0.4 is 5.56 Å². The van der Waals surface area contributed by atoms with Gasteiger partial charge in [0.2, 0.25) is 0 Å². The Bertz CT molecular complexity index is 1950. The van der Waals surface area contributed by atoms with E-state index < -0.39 is 20.5 Å². The highest BCUT2D eigenvalue weighted by atomic mass is 79.9. The Morgan fingerprint density at radius 3 is 2.50 bits per heavy atom.